The van der Waals surface area contributed by atoms with E-state index in [2.05, 4.69) is 5.32 Å². The maximum Gasteiger partial charge on any atom is 0.317 e. The number of carbonyl (C=O) groups is 3. The fraction of sp³-hybridized carbons (Fsp3) is 0.769. The highest BCUT2D eigenvalue weighted by molar-refractivity contribution is 5.80. The first-order valence-corrected chi connectivity index (χ1v) is 6.99. The van der Waals surface area contributed by atoms with Crippen LogP contribution < -0.4 is 5.32 Å². The van der Waals surface area contributed by atoms with Crippen molar-refractivity contribution >= 4 is 18.0 Å². The summed E-state index contributed by atoms with van der Waals surface area (Å²) in [5.74, 6) is -1.63. The van der Waals surface area contributed by atoms with E-state index in [4.69, 9.17) is 9.84 Å². The number of amides is 2. The second-order valence-corrected chi connectivity index (χ2v) is 5.17. The summed E-state index contributed by atoms with van der Waals surface area (Å²) in [6, 6.07) is -0.464. The lowest BCUT2D eigenvalue weighted by Gasteiger charge is -2.23. The summed E-state index contributed by atoms with van der Waals surface area (Å²) < 4.78 is 4.77. The average molecular weight is 284 g/mol. The Hall–Kier alpha value is -1.79. The van der Waals surface area contributed by atoms with Gasteiger partial charge >= 0.3 is 18.0 Å². The Balaban J connectivity index is 1.82. The summed E-state index contributed by atoms with van der Waals surface area (Å²) >= 11 is 0. The first kappa shape index (κ1) is 14.6. The number of carboxylic acids is 1. The van der Waals surface area contributed by atoms with Gasteiger partial charge in [-0.05, 0) is 26.2 Å². The van der Waals surface area contributed by atoms with Gasteiger partial charge in [-0.25, -0.2) is 4.79 Å². The Morgan fingerprint density at radius 3 is 2.70 bits per heavy atom. The fourth-order valence-electron chi connectivity index (χ4n) is 3.17. The molecule has 2 saturated heterocycles. The Kier molecular flexibility index (Phi) is 4.46. The zero-order chi connectivity index (χ0) is 14.7. The van der Waals surface area contributed by atoms with Crippen LogP contribution in [0.2, 0.25) is 0 Å². The molecule has 2 fully saturated rings. The monoisotopic (exact) mass is 284 g/mol. The summed E-state index contributed by atoms with van der Waals surface area (Å²) in [6.45, 7) is 2.26. The van der Waals surface area contributed by atoms with Crippen molar-refractivity contribution < 1.29 is 24.2 Å². The molecule has 2 rings (SSSR count). The van der Waals surface area contributed by atoms with E-state index in [1.165, 1.54) is 0 Å². The van der Waals surface area contributed by atoms with Crippen molar-refractivity contribution in [3.63, 3.8) is 0 Å². The van der Waals surface area contributed by atoms with Crippen molar-refractivity contribution in [3.8, 4) is 0 Å². The van der Waals surface area contributed by atoms with Crippen molar-refractivity contribution in [3.05, 3.63) is 0 Å². The van der Waals surface area contributed by atoms with Crippen LogP contribution in [0.5, 0.6) is 0 Å². The smallest absolute Gasteiger partial charge is 0.317 e. The lowest BCUT2D eigenvalue weighted by Crippen LogP contribution is -2.44. The van der Waals surface area contributed by atoms with E-state index in [0.29, 0.717) is 13.0 Å². The maximum absolute atomic E-state index is 12.1. The van der Waals surface area contributed by atoms with E-state index in [-0.39, 0.29) is 37.0 Å². The number of hydrogen-bond donors (Lipinski definition) is 2. The Morgan fingerprint density at radius 2 is 2.10 bits per heavy atom. The molecular weight excluding hydrogens is 264 g/mol. The Morgan fingerprint density at radius 1 is 1.35 bits per heavy atom. The number of nitrogens with one attached hydrogen (secondary N) is 1. The highest BCUT2D eigenvalue weighted by Crippen LogP contribution is 2.41. The van der Waals surface area contributed by atoms with Gasteiger partial charge < -0.3 is 20.1 Å². The lowest BCUT2D eigenvalue weighted by molar-refractivity contribution is -0.143. The molecule has 2 bridgehead atoms. The molecular formula is C13H20N2O5. The van der Waals surface area contributed by atoms with Crippen LogP contribution in [0.4, 0.5) is 4.79 Å². The van der Waals surface area contributed by atoms with Crippen molar-refractivity contribution in [1.82, 2.24) is 10.2 Å². The zero-order valence-electron chi connectivity index (χ0n) is 11.5. The molecule has 112 valence electrons. The Bertz CT molecular complexity index is 412. The number of carbonyl (C=O) groups excluding carboxylic acids is 2. The number of rotatable bonds is 5. The topological polar surface area (TPSA) is 95.9 Å². The first-order valence-electron chi connectivity index (χ1n) is 6.99. The molecule has 2 N–H and O–H groups in total. The predicted octanol–water partition coefficient (Wildman–Crippen LogP) is 0.587. The second kappa shape index (κ2) is 6.11. The fourth-order valence-corrected chi connectivity index (χ4v) is 3.17. The largest absolute Gasteiger partial charge is 0.481 e. The molecule has 2 heterocycles. The predicted molar refractivity (Wildman–Crippen MR) is 69.0 cm³/mol. The van der Waals surface area contributed by atoms with Crippen molar-refractivity contribution in [2.24, 2.45) is 5.92 Å². The minimum absolute atomic E-state index is 0.0173. The van der Waals surface area contributed by atoms with Crippen LogP contribution in [0.1, 0.15) is 32.6 Å². The number of nitrogens with zero attached hydrogens (tertiary/aromatic N) is 1. The molecule has 2 amide bonds. The third-order valence-electron chi connectivity index (χ3n) is 4.00. The first-order chi connectivity index (χ1) is 9.54. The van der Waals surface area contributed by atoms with Crippen LogP contribution in [-0.2, 0) is 14.3 Å². The highest BCUT2D eigenvalue weighted by atomic mass is 16.5. The van der Waals surface area contributed by atoms with E-state index in [1.54, 1.807) is 11.8 Å². The van der Waals surface area contributed by atoms with Gasteiger partial charge in [0.25, 0.3) is 0 Å². The van der Waals surface area contributed by atoms with Gasteiger partial charge in [-0.15, -0.1) is 0 Å². The molecule has 2 aliphatic rings. The van der Waals surface area contributed by atoms with Gasteiger partial charge in [-0.3, -0.25) is 9.59 Å². The molecule has 7 heteroatoms. The molecule has 0 radical (unpaired) electrons. The van der Waals surface area contributed by atoms with E-state index in [9.17, 15) is 14.4 Å². The van der Waals surface area contributed by atoms with E-state index in [1.807, 2.05) is 0 Å². The normalized spacial score (nSPS) is 27.4. The van der Waals surface area contributed by atoms with Crippen LogP contribution in [0, 0.1) is 5.92 Å². The van der Waals surface area contributed by atoms with Crippen LogP contribution in [-0.4, -0.2) is 53.2 Å². The zero-order valence-corrected chi connectivity index (χ0v) is 11.5. The molecule has 7 nitrogen and oxygen atoms in total. The van der Waals surface area contributed by atoms with E-state index < -0.39 is 11.9 Å². The number of fused-ring (bicyclic) bond motifs is 2. The molecule has 0 spiro atoms. The summed E-state index contributed by atoms with van der Waals surface area (Å²) in [5, 5.41) is 11.8. The van der Waals surface area contributed by atoms with Crippen molar-refractivity contribution in [1.29, 1.82) is 0 Å². The van der Waals surface area contributed by atoms with E-state index >= 15 is 0 Å². The third-order valence-corrected chi connectivity index (χ3v) is 4.00. The molecule has 0 aliphatic carbocycles. The summed E-state index contributed by atoms with van der Waals surface area (Å²) in [7, 11) is 0. The summed E-state index contributed by atoms with van der Waals surface area (Å²) in [4.78, 5) is 36.0. The van der Waals surface area contributed by atoms with Crippen LogP contribution >= 0.6 is 0 Å². The SMILES string of the molecule is CCOC(=O)CCNC(=O)N1C2CCC1C(C(=O)O)C2. The van der Waals surface area contributed by atoms with Gasteiger partial charge in [0.1, 0.15) is 0 Å². The van der Waals surface area contributed by atoms with E-state index in [0.717, 1.165) is 12.8 Å². The third kappa shape index (κ3) is 2.86. The number of esters is 1. The van der Waals surface area contributed by atoms with Crippen molar-refractivity contribution in [2.45, 2.75) is 44.7 Å². The maximum atomic E-state index is 12.1. The summed E-state index contributed by atoms with van der Waals surface area (Å²) in [5.41, 5.74) is 0. The molecule has 2 aliphatic heterocycles. The minimum Gasteiger partial charge on any atom is -0.481 e. The molecule has 0 aromatic carbocycles. The lowest BCUT2D eigenvalue weighted by atomic mass is 9.89. The van der Waals surface area contributed by atoms with Gasteiger partial charge in [0.05, 0.1) is 18.9 Å². The van der Waals surface area contributed by atoms with Gasteiger partial charge in [-0.1, -0.05) is 0 Å². The Labute approximate surface area is 117 Å². The molecule has 20 heavy (non-hydrogen) atoms. The standard InChI is InChI=1S/C13H20N2O5/c1-2-20-11(16)5-6-14-13(19)15-8-3-4-10(15)9(7-8)12(17)18/h8-10H,2-7H2,1H3,(H,14,19)(H,17,18). The molecule has 3 atom stereocenters. The molecule has 0 saturated carbocycles. The van der Waals surface area contributed by atoms with Crippen LogP contribution in [0.3, 0.4) is 0 Å². The average Bonchev–Trinajstić information content (AvgIpc) is 2.96. The van der Waals surface area contributed by atoms with Crippen LogP contribution in [0.15, 0.2) is 0 Å². The molecule has 0 aromatic heterocycles. The molecule has 3 unspecified atom stereocenters. The number of carboxylic acid groups (broad SMARTS) is 1. The number of aliphatic carboxylic acids is 1. The van der Waals surface area contributed by atoms with Crippen LogP contribution in [0.25, 0.3) is 0 Å². The van der Waals surface area contributed by atoms with Gasteiger partial charge in [-0.2, -0.15) is 0 Å². The minimum atomic E-state index is -0.832. The number of ether oxygens (including phenoxy) is 1. The number of hydrogen-bond acceptors (Lipinski definition) is 4. The second-order valence-electron chi connectivity index (χ2n) is 5.17. The quantitative estimate of drug-likeness (QED) is 0.720. The molecule has 0 aromatic rings. The van der Waals surface area contributed by atoms with Gasteiger partial charge in [0.2, 0.25) is 0 Å². The van der Waals surface area contributed by atoms with Gasteiger partial charge in [0, 0.05) is 18.6 Å². The highest BCUT2D eigenvalue weighted by Gasteiger charge is 2.51. The summed E-state index contributed by atoms with van der Waals surface area (Å²) in [6.07, 6.45) is 2.27. The number of urea groups is 1. The van der Waals surface area contributed by atoms with Crippen molar-refractivity contribution in [2.75, 3.05) is 13.2 Å². The van der Waals surface area contributed by atoms with Gasteiger partial charge in [0.15, 0.2) is 0 Å².